The van der Waals surface area contributed by atoms with E-state index in [1.54, 1.807) is 6.92 Å². The first-order chi connectivity index (χ1) is 14.6. The van der Waals surface area contributed by atoms with Crippen LogP contribution in [0.25, 0.3) is 16.4 Å². The molecule has 2 heterocycles. The lowest BCUT2D eigenvalue weighted by molar-refractivity contribution is -0.117. The Labute approximate surface area is 177 Å². The number of nitrogens with zero attached hydrogens (tertiary/aromatic N) is 4. The number of likely N-dealkylation sites (N-methyl/N-ethyl adjacent to an activating group) is 1. The van der Waals surface area contributed by atoms with E-state index in [-0.39, 0.29) is 18.0 Å². The molecule has 6 heteroatoms. The third kappa shape index (κ3) is 4.09. The minimum Gasteiger partial charge on any atom is -0.678 e. The first-order valence-electron chi connectivity index (χ1n) is 10.4. The summed E-state index contributed by atoms with van der Waals surface area (Å²) in [5, 5.41) is 12.6. The fraction of sp³-hybridized carbons (Fsp3) is 0.333. The van der Waals surface area contributed by atoms with Gasteiger partial charge >= 0.3 is 0 Å². The van der Waals surface area contributed by atoms with Crippen LogP contribution in [0.15, 0.2) is 60.9 Å². The average Bonchev–Trinajstić information content (AvgIpc) is 3.21. The molecular weight excluding hydrogens is 374 g/mol. The Hall–Kier alpha value is -3.12. The van der Waals surface area contributed by atoms with Crippen LogP contribution in [0, 0.1) is 0 Å². The van der Waals surface area contributed by atoms with E-state index in [0.29, 0.717) is 0 Å². The normalized spacial score (nSPS) is 18.2. The van der Waals surface area contributed by atoms with Gasteiger partial charge in [0.05, 0.1) is 12.7 Å². The molecule has 0 aliphatic carbocycles. The van der Waals surface area contributed by atoms with Gasteiger partial charge in [0, 0.05) is 37.0 Å². The summed E-state index contributed by atoms with van der Waals surface area (Å²) in [5.74, 6) is 0.0644. The van der Waals surface area contributed by atoms with E-state index >= 15 is 0 Å². The van der Waals surface area contributed by atoms with Gasteiger partial charge in [-0.05, 0) is 37.6 Å². The Kier molecular flexibility index (Phi) is 5.86. The first-order valence-corrected chi connectivity index (χ1v) is 10.4. The van der Waals surface area contributed by atoms with E-state index in [4.69, 9.17) is 5.32 Å². The van der Waals surface area contributed by atoms with Crippen molar-refractivity contribution in [2.45, 2.75) is 38.9 Å². The third-order valence-corrected chi connectivity index (χ3v) is 5.61. The second-order valence-electron chi connectivity index (χ2n) is 7.82. The van der Waals surface area contributed by atoms with Gasteiger partial charge in [-0.1, -0.05) is 48.5 Å². The highest BCUT2D eigenvalue weighted by Gasteiger charge is 2.29. The Bertz CT molecular complexity index is 1010. The zero-order valence-corrected chi connectivity index (χ0v) is 17.7. The number of carbonyl (C=O) groups is 1. The van der Waals surface area contributed by atoms with E-state index in [9.17, 15) is 4.79 Å². The Morgan fingerprint density at radius 1 is 1.20 bits per heavy atom. The van der Waals surface area contributed by atoms with Gasteiger partial charge in [-0.25, -0.2) is 0 Å². The minimum atomic E-state index is 0.00675. The molecule has 1 amide bonds. The number of para-hydroxylation sites is 1. The molecule has 0 saturated carbocycles. The highest BCUT2D eigenvalue weighted by Crippen LogP contribution is 2.45. The van der Waals surface area contributed by atoms with Crippen molar-refractivity contribution in [1.29, 1.82) is 0 Å². The van der Waals surface area contributed by atoms with Crippen molar-refractivity contribution in [3.8, 4) is 11.1 Å². The zero-order valence-electron chi connectivity index (χ0n) is 17.7. The summed E-state index contributed by atoms with van der Waals surface area (Å²) in [7, 11) is 1.94. The highest BCUT2D eigenvalue weighted by molar-refractivity contribution is 5.94. The predicted octanol–water partition coefficient (Wildman–Crippen LogP) is 4.66. The molecule has 0 spiro atoms. The van der Waals surface area contributed by atoms with Crippen LogP contribution >= 0.6 is 0 Å². The van der Waals surface area contributed by atoms with Crippen molar-refractivity contribution < 1.29 is 4.79 Å². The summed E-state index contributed by atoms with van der Waals surface area (Å²) < 4.78 is 1.95. The number of aromatic nitrogens is 2. The van der Waals surface area contributed by atoms with Crippen molar-refractivity contribution in [3.05, 3.63) is 71.8 Å². The van der Waals surface area contributed by atoms with E-state index in [0.717, 1.165) is 47.6 Å². The van der Waals surface area contributed by atoms with Crippen LogP contribution in [0.4, 0.5) is 11.4 Å². The van der Waals surface area contributed by atoms with E-state index in [1.807, 2.05) is 53.2 Å². The molecule has 156 valence electrons. The molecule has 3 aromatic rings. The molecular formula is C24H28N5O-. The molecule has 1 N–H and O–H groups in total. The van der Waals surface area contributed by atoms with Crippen LogP contribution in [-0.2, 0) is 11.3 Å². The monoisotopic (exact) mass is 402 g/mol. The number of fused-ring (bicyclic) bond motifs is 1. The molecule has 0 fully saturated rings. The Balaban J connectivity index is 1.71. The maximum atomic E-state index is 12.4. The number of nitrogens with one attached hydrogen (secondary N) is 1. The summed E-state index contributed by atoms with van der Waals surface area (Å²) in [6.45, 7) is 5.42. The summed E-state index contributed by atoms with van der Waals surface area (Å²) in [6, 6.07) is 16.5. The molecule has 0 radical (unpaired) electrons. The summed E-state index contributed by atoms with van der Waals surface area (Å²) in [4.78, 5) is 14.3. The van der Waals surface area contributed by atoms with Gasteiger partial charge in [0.15, 0.2) is 0 Å². The molecule has 30 heavy (non-hydrogen) atoms. The molecule has 1 aromatic heterocycles. The lowest BCUT2D eigenvalue weighted by atomic mass is 9.89. The number of anilines is 1. The SMILES string of the molecule is CNCCn1cc(-c2ccc3c(c2)C([N-]c2ccccc2)C[C@H](C)N3C(C)=O)cn1. The lowest BCUT2D eigenvalue weighted by Crippen LogP contribution is -2.41. The van der Waals surface area contributed by atoms with Gasteiger partial charge in [0.2, 0.25) is 5.91 Å². The number of carbonyl (C=O) groups excluding carboxylic acids is 1. The van der Waals surface area contributed by atoms with Crippen molar-refractivity contribution >= 4 is 17.3 Å². The molecule has 6 nitrogen and oxygen atoms in total. The zero-order chi connectivity index (χ0) is 21.1. The van der Waals surface area contributed by atoms with Gasteiger partial charge in [-0.2, -0.15) is 5.10 Å². The number of hydrogen-bond acceptors (Lipinski definition) is 3. The van der Waals surface area contributed by atoms with Crippen LogP contribution in [0.2, 0.25) is 0 Å². The number of hydrogen-bond donors (Lipinski definition) is 1. The topological polar surface area (TPSA) is 64.3 Å². The molecule has 1 aliphatic rings. The summed E-state index contributed by atoms with van der Waals surface area (Å²) in [5.41, 5.74) is 5.17. The number of amides is 1. The van der Waals surface area contributed by atoms with Crippen LogP contribution in [-0.4, -0.2) is 35.3 Å². The molecule has 2 atom stereocenters. The Morgan fingerprint density at radius 3 is 2.73 bits per heavy atom. The first kappa shape index (κ1) is 20.2. The molecule has 1 aliphatic heterocycles. The maximum Gasteiger partial charge on any atom is 0.224 e. The fourth-order valence-corrected chi connectivity index (χ4v) is 4.17. The number of rotatable bonds is 6. The summed E-state index contributed by atoms with van der Waals surface area (Å²) in [6.07, 6.45) is 4.76. The van der Waals surface area contributed by atoms with Gasteiger partial charge in [0.1, 0.15) is 0 Å². The van der Waals surface area contributed by atoms with Crippen molar-refractivity contribution in [3.63, 3.8) is 0 Å². The van der Waals surface area contributed by atoms with Crippen LogP contribution in [0.1, 0.15) is 31.9 Å². The third-order valence-electron chi connectivity index (χ3n) is 5.61. The molecule has 0 saturated heterocycles. The predicted molar refractivity (Wildman–Crippen MR) is 121 cm³/mol. The highest BCUT2D eigenvalue weighted by atomic mass is 16.2. The smallest absolute Gasteiger partial charge is 0.224 e. The largest absolute Gasteiger partial charge is 0.678 e. The van der Waals surface area contributed by atoms with E-state index in [2.05, 4.69) is 41.7 Å². The van der Waals surface area contributed by atoms with Crippen molar-refractivity contribution in [2.75, 3.05) is 18.5 Å². The maximum absolute atomic E-state index is 12.4. The summed E-state index contributed by atoms with van der Waals surface area (Å²) >= 11 is 0. The molecule has 0 bridgehead atoms. The van der Waals surface area contributed by atoms with Crippen LogP contribution in [0.3, 0.4) is 0 Å². The van der Waals surface area contributed by atoms with Crippen molar-refractivity contribution in [2.24, 2.45) is 0 Å². The second-order valence-corrected chi connectivity index (χ2v) is 7.82. The Morgan fingerprint density at radius 2 is 2.00 bits per heavy atom. The minimum absolute atomic E-state index is 0.00675. The van der Waals surface area contributed by atoms with E-state index < -0.39 is 0 Å². The molecule has 2 aromatic carbocycles. The standard InChI is InChI=1S/C24H28N5O/c1-17-13-23(27-21-7-5-4-6-8-21)22-14-19(9-10-24(22)29(17)18(2)30)20-15-26-28(16-20)12-11-25-3/h4-10,14-17,23,25H,11-13H2,1-3H3/q-1/t17-,23?/m0/s1. The lowest BCUT2D eigenvalue weighted by Gasteiger charge is -2.45. The van der Waals surface area contributed by atoms with E-state index in [1.165, 1.54) is 0 Å². The van der Waals surface area contributed by atoms with Crippen LogP contribution in [0.5, 0.6) is 0 Å². The molecule has 1 unspecified atom stereocenters. The van der Waals surface area contributed by atoms with Gasteiger partial charge < -0.3 is 15.5 Å². The van der Waals surface area contributed by atoms with Crippen molar-refractivity contribution in [1.82, 2.24) is 15.1 Å². The molecule has 4 rings (SSSR count). The van der Waals surface area contributed by atoms with Gasteiger partial charge in [-0.3, -0.25) is 9.48 Å². The number of benzene rings is 2. The van der Waals surface area contributed by atoms with Gasteiger partial charge in [0.25, 0.3) is 0 Å². The van der Waals surface area contributed by atoms with Gasteiger partial charge in [-0.15, -0.1) is 5.69 Å². The fourth-order valence-electron chi connectivity index (χ4n) is 4.17. The van der Waals surface area contributed by atoms with Crippen LogP contribution < -0.4 is 10.2 Å². The second kappa shape index (κ2) is 8.71. The average molecular weight is 403 g/mol. The quantitative estimate of drug-likeness (QED) is 0.652.